The third-order valence-electron chi connectivity index (χ3n) is 4.66. The molecule has 3 heteroatoms. The Kier molecular flexibility index (Phi) is 3.98. The van der Waals surface area contributed by atoms with Gasteiger partial charge in [-0.25, -0.2) is 0 Å². The zero-order valence-corrected chi connectivity index (χ0v) is 14.2. The quantitative estimate of drug-likeness (QED) is 0.545. The predicted molar refractivity (Wildman–Crippen MR) is 103 cm³/mol. The molecule has 0 bridgehead atoms. The van der Waals surface area contributed by atoms with E-state index in [0.29, 0.717) is 34.5 Å². The Morgan fingerprint density at radius 3 is 2.04 bits per heavy atom. The van der Waals surface area contributed by atoms with E-state index in [1.54, 1.807) is 36.5 Å². The summed E-state index contributed by atoms with van der Waals surface area (Å²) >= 11 is 0. The second kappa shape index (κ2) is 6.45. The molecule has 1 aliphatic rings. The summed E-state index contributed by atoms with van der Waals surface area (Å²) in [5.74, 6) is -0.230. The van der Waals surface area contributed by atoms with Gasteiger partial charge in [0.1, 0.15) is 0 Å². The maximum Gasteiger partial charge on any atom is 0.196 e. The molecule has 1 aliphatic carbocycles. The first-order valence-corrected chi connectivity index (χ1v) is 8.45. The monoisotopic (exact) mass is 339 g/mol. The van der Waals surface area contributed by atoms with Crippen LogP contribution in [0.1, 0.15) is 37.4 Å². The first kappa shape index (κ1) is 16.0. The predicted octanol–water partition coefficient (Wildman–Crippen LogP) is 4.61. The van der Waals surface area contributed by atoms with Crippen LogP contribution in [0.5, 0.6) is 0 Å². The number of fused-ring (bicyclic) bond motifs is 2. The van der Waals surface area contributed by atoms with E-state index in [2.05, 4.69) is 6.58 Å². The van der Waals surface area contributed by atoms with Gasteiger partial charge in [-0.2, -0.15) is 0 Å². The molecule has 0 aliphatic heterocycles. The first-order chi connectivity index (χ1) is 12.7. The topological polar surface area (TPSA) is 37.4 Å². The molecule has 0 heterocycles. The summed E-state index contributed by atoms with van der Waals surface area (Å²) in [6.07, 6.45) is 1.70. The van der Waals surface area contributed by atoms with Gasteiger partial charge in [-0.1, -0.05) is 73.3 Å². The van der Waals surface area contributed by atoms with Crippen molar-refractivity contribution in [3.05, 3.63) is 113 Å². The molecule has 0 N–H and O–H groups in total. The minimum Gasteiger partial charge on any atom is -0.344 e. The summed E-state index contributed by atoms with van der Waals surface area (Å²) in [5, 5.41) is 0. The van der Waals surface area contributed by atoms with Crippen molar-refractivity contribution in [1.29, 1.82) is 0 Å². The van der Waals surface area contributed by atoms with Crippen LogP contribution >= 0.6 is 0 Å². The Balaban J connectivity index is 1.83. The number of carbonyl (C=O) groups is 2. The van der Waals surface area contributed by atoms with Crippen LogP contribution < -0.4 is 4.90 Å². The summed E-state index contributed by atoms with van der Waals surface area (Å²) in [6, 6.07) is 22.3. The molecular weight excluding hydrogens is 322 g/mol. The van der Waals surface area contributed by atoms with Crippen LogP contribution in [-0.4, -0.2) is 11.6 Å². The van der Waals surface area contributed by atoms with Crippen LogP contribution in [0.3, 0.4) is 0 Å². The third-order valence-corrected chi connectivity index (χ3v) is 4.66. The number of hydrogen-bond donors (Lipinski definition) is 0. The highest BCUT2D eigenvalue weighted by Gasteiger charge is 2.32. The van der Waals surface area contributed by atoms with Crippen LogP contribution in [0.2, 0.25) is 0 Å². The normalized spacial score (nSPS) is 12.3. The molecule has 0 fully saturated rings. The number of rotatable bonds is 4. The van der Waals surface area contributed by atoms with Gasteiger partial charge in [-0.3, -0.25) is 9.59 Å². The molecule has 0 saturated heterocycles. The number of nitrogens with zero attached hydrogens (tertiary/aromatic N) is 1. The fourth-order valence-corrected chi connectivity index (χ4v) is 3.39. The highest BCUT2D eigenvalue weighted by molar-refractivity contribution is 6.30. The lowest BCUT2D eigenvalue weighted by molar-refractivity contribution is 0.0979. The Labute approximate surface area is 152 Å². The molecule has 3 aromatic rings. The van der Waals surface area contributed by atoms with Crippen LogP contribution in [0, 0.1) is 0 Å². The molecule has 0 unspecified atom stereocenters. The summed E-state index contributed by atoms with van der Waals surface area (Å²) in [5.41, 5.74) is 3.63. The van der Waals surface area contributed by atoms with E-state index < -0.39 is 0 Å². The van der Waals surface area contributed by atoms with Gasteiger partial charge in [0, 0.05) is 23.2 Å². The zero-order valence-electron chi connectivity index (χ0n) is 14.2. The van der Waals surface area contributed by atoms with E-state index in [9.17, 15) is 9.59 Å². The van der Waals surface area contributed by atoms with E-state index in [1.165, 1.54) is 0 Å². The first-order valence-electron chi connectivity index (χ1n) is 8.45. The molecule has 0 atom stereocenters. The maximum absolute atomic E-state index is 13.1. The average molecular weight is 339 g/mol. The van der Waals surface area contributed by atoms with Crippen LogP contribution in [0.25, 0.3) is 0 Å². The lowest BCUT2D eigenvalue weighted by Crippen LogP contribution is -2.25. The second-order valence-electron chi connectivity index (χ2n) is 6.20. The van der Waals surface area contributed by atoms with Gasteiger partial charge in [-0.05, 0) is 17.8 Å². The molecule has 3 aromatic carbocycles. The van der Waals surface area contributed by atoms with Crippen molar-refractivity contribution in [2.75, 3.05) is 4.90 Å². The molecule has 0 spiro atoms. The Bertz CT molecular complexity index is 1020. The van der Waals surface area contributed by atoms with E-state index in [-0.39, 0.29) is 11.6 Å². The minimum absolute atomic E-state index is 0.110. The van der Waals surface area contributed by atoms with Crippen LogP contribution in [0.15, 0.2) is 85.6 Å². The fraction of sp³-hybridized carbons (Fsp3) is 0.0435. The van der Waals surface area contributed by atoms with Crippen molar-refractivity contribution in [1.82, 2.24) is 0 Å². The van der Waals surface area contributed by atoms with Crippen molar-refractivity contribution >= 4 is 17.3 Å². The van der Waals surface area contributed by atoms with E-state index in [4.69, 9.17) is 0 Å². The van der Waals surface area contributed by atoms with Crippen molar-refractivity contribution in [2.24, 2.45) is 0 Å². The highest BCUT2D eigenvalue weighted by atomic mass is 16.1. The molecule has 126 valence electrons. The number of hydrogen-bond acceptors (Lipinski definition) is 3. The summed E-state index contributed by atoms with van der Waals surface area (Å²) in [4.78, 5) is 27.9. The molecule has 0 radical (unpaired) electrons. The van der Waals surface area contributed by atoms with Gasteiger partial charge in [0.05, 0.1) is 11.3 Å². The van der Waals surface area contributed by atoms with Crippen LogP contribution in [0.4, 0.5) is 5.69 Å². The number of anilines is 1. The second-order valence-corrected chi connectivity index (χ2v) is 6.20. The van der Waals surface area contributed by atoms with Crippen molar-refractivity contribution < 1.29 is 9.59 Å². The SMILES string of the molecule is C=CN(Cc1ccccc1)c1cccc2c1C(=O)c1ccccc1C2=O. The molecule has 3 nitrogen and oxygen atoms in total. The zero-order chi connectivity index (χ0) is 18.1. The highest BCUT2D eigenvalue weighted by Crippen LogP contribution is 2.34. The largest absolute Gasteiger partial charge is 0.344 e. The number of ketones is 2. The molecule has 0 amide bonds. The number of carbonyl (C=O) groups excluding carboxylic acids is 2. The van der Waals surface area contributed by atoms with Crippen LogP contribution in [-0.2, 0) is 6.54 Å². The van der Waals surface area contributed by atoms with Gasteiger partial charge in [0.2, 0.25) is 0 Å². The average Bonchev–Trinajstić information content (AvgIpc) is 2.70. The van der Waals surface area contributed by atoms with E-state index in [1.807, 2.05) is 47.4 Å². The summed E-state index contributed by atoms with van der Waals surface area (Å²) in [6.45, 7) is 4.47. The van der Waals surface area contributed by atoms with Gasteiger partial charge in [0.25, 0.3) is 0 Å². The van der Waals surface area contributed by atoms with Gasteiger partial charge < -0.3 is 4.90 Å². The van der Waals surface area contributed by atoms with Gasteiger partial charge in [-0.15, -0.1) is 0 Å². The standard InChI is InChI=1S/C23H17NO2/c1-2-24(15-16-9-4-3-5-10-16)20-14-8-13-19-21(20)23(26)18-12-7-6-11-17(18)22(19)25/h2-14H,1,15H2. The minimum atomic E-state index is -0.120. The van der Waals surface area contributed by atoms with Crippen molar-refractivity contribution in [3.8, 4) is 0 Å². The van der Waals surface area contributed by atoms with Gasteiger partial charge in [0.15, 0.2) is 11.6 Å². The fourth-order valence-electron chi connectivity index (χ4n) is 3.39. The molecule has 0 aromatic heterocycles. The van der Waals surface area contributed by atoms with Gasteiger partial charge >= 0.3 is 0 Å². The molecular formula is C23H17NO2. The Morgan fingerprint density at radius 2 is 1.35 bits per heavy atom. The van der Waals surface area contributed by atoms with Crippen molar-refractivity contribution in [3.63, 3.8) is 0 Å². The number of benzene rings is 3. The maximum atomic E-state index is 13.1. The Morgan fingerprint density at radius 1 is 0.731 bits per heavy atom. The smallest absolute Gasteiger partial charge is 0.196 e. The molecule has 0 saturated carbocycles. The molecule has 26 heavy (non-hydrogen) atoms. The molecule has 4 rings (SSSR count). The van der Waals surface area contributed by atoms with E-state index >= 15 is 0 Å². The lowest BCUT2D eigenvalue weighted by Gasteiger charge is -2.26. The Hall–Kier alpha value is -3.46. The summed E-state index contributed by atoms with van der Waals surface area (Å²) in [7, 11) is 0. The lowest BCUT2D eigenvalue weighted by atomic mass is 9.83. The van der Waals surface area contributed by atoms with E-state index in [0.717, 1.165) is 5.56 Å². The van der Waals surface area contributed by atoms with Crippen molar-refractivity contribution in [2.45, 2.75) is 6.54 Å². The third kappa shape index (κ3) is 2.54. The summed E-state index contributed by atoms with van der Waals surface area (Å²) < 4.78 is 0.